The van der Waals surface area contributed by atoms with Gasteiger partial charge in [-0.05, 0) is 47.3 Å². The number of rotatable bonds is 14. The molecule has 10 nitrogen and oxygen atoms in total. The molecule has 4 aromatic carbocycles. The van der Waals surface area contributed by atoms with E-state index in [0.717, 1.165) is 11.1 Å². The second kappa shape index (κ2) is 17.6. The minimum atomic E-state index is -2.87. The van der Waals surface area contributed by atoms with E-state index in [1.807, 2.05) is 86.6 Å². The van der Waals surface area contributed by atoms with E-state index in [0.29, 0.717) is 0 Å². The van der Waals surface area contributed by atoms with Gasteiger partial charge in [-0.25, -0.2) is 9.59 Å². The lowest BCUT2D eigenvalue weighted by Crippen LogP contribution is -2.68. The maximum Gasteiger partial charge on any atom is 0.408 e. The number of hydrogen-bond acceptors (Lipinski definition) is 9. The monoisotopic (exact) mass is 767 g/mol. The zero-order chi connectivity index (χ0) is 39.1. The van der Waals surface area contributed by atoms with Crippen molar-refractivity contribution in [3.63, 3.8) is 0 Å². The van der Waals surface area contributed by atoms with E-state index < -0.39 is 62.7 Å². The van der Waals surface area contributed by atoms with Crippen LogP contribution in [0.2, 0.25) is 5.04 Å². The Labute approximate surface area is 325 Å². The fraction of sp³-hybridized carbons (Fsp3) is 0.409. The van der Waals surface area contributed by atoms with Crippen LogP contribution in [0, 0.1) is 0 Å². The maximum absolute atomic E-state index is 13.6. The standard InChI is InChI=1S/C44H53NO9Si/c1-31(38(41(46)49-27-32-19-11-7-12-20-32)45-42(47)50-28-33-21-13-8-14-22-33)52-37-29-48-36(39-40(37)54-44(5,6)53-39)30-51-55(43(2,3)4,34-23-15-9-16-24-34)35-25-17-10-18-26-35/h7-26,31,36-40H,27-30H2,1-6H3,(H,45,47)/t31-,36-,37+,38+,39+,40-/m1/s1. The molecule has 11 heteroatoms. The molecule has 0 spiro atoms. The normalized spacial score (nSPS) is 21.9. The van der Waals surface area contributed by atoms with Crippen molar-refractivity contribution in [2.45, 2.75) is 102 Å². The van der Waals surface area contributed by atoms with Crippen LogP contribution in [0.1, 0.15) is 52.7 Å². The Morgan fingerprint density at radius 3 is 1.78 bits per heavy atom. The summed E-state index contributed by atoms with van der Waals surface area (Å²) in [5.41, 5.74) is 1.62. The van der Waals surface area contributed by atoms with Gasteiger partial charge in [0, 0.05) is 0 Å². The highest BCUT2D eigenvalue weighted by atomic mass is 28.4. The molecule has 0 aliphatic carbocycles. The zero-order valence-corrected chi connectivity index (χ0v) is 33.5. The van der Waals surface area contributed by atoms with Gasteiger partial charge in [0.1, 0.15) is 37.6 Å². The van der Waals surface area contributed by atoms with Crippen molar-refractivity contribution >= 4 is 30.8 Å². The lowest BCUT2D eigenvalue weighted by atomic mass is 10.00. The molecular weight excluding hydrogens is 715 g/mol. The average molecular weight is 768 g/mol. The van der Waals surface area contributed by atoms with Gasteiger partial charge in [-0.3, -0.25) is 0 Å². The summed E-state index contributed by atoms with van der Waals surface area (Å²) in [6.45, 7) is 12.6. The van der Waals surface area contributed by atoms with Crippen molar-refractivity contribution in [2.75, 3.05) is 13.2 Å². The van der Waals surface area contributed by atoms with Crippen molar-refractivity contribution in [1.29, 1.82) is 0 Å². The van der Waals surface area contributed by atoms with Crippen LogP contribution in [0.5, 0.6) is 0 Å². The van der Waals surface area contributed by atoms with Gasteiger partial charge in [0.05, 0.1) is 19.3 Å². The van der Waals surface area contributed by atoms with Gasteiger partial charge in [0.2, 0.25) is 0 Å². The number of alkyl carbamates (subject to hydrolysis) is 1. The molecule has 6 rings (SSSR count). The lowest BCUT2D eigenvalue weighted by Gasteiger charge is -2.45. The smallest absolute Gasteiger partial charge is 0.408 e. The van der Waals surface area contributed by atoms with Gasteiger partial charge < -0.3 is 38.2 Å². The van der Waals surface area contributed by atoms with Gasteiger partial charge in [-0.1, -0.05) is 142 Å². The van der Waals surface area contributed by atoms with Crippen LogP contribution in [0.15, 0.2) is 121 Å². The Hall–Kier alpha value is -4.36. The first kappa shape index (κ1) is 40.3. The molecule has 0 bridgehead atoms. The van der Waals surface area contributed by atoms with Crippen LogP contribution in [-0.2, 0) is 50.9 Å². The molecule has 0 unspecified atom stereocenters. The van der Waals surface area contributed by atoms with Gasteiger partial charge in [0.25, 0.3) is 8.32 Å². The van der Waals surface area contributed by atoms with Crippen LogP contribution in [0.25, 0.3) is 0 Å². The summed E-state index contributed by atoms with van der Waals surface area (Å²) in [6.07, 6.45) is -3.84. The van der Waals surface area contributed by atoms with E-state index >= 15 is 0 Å². The fourth-order valence-corrected chi connectivity index (χ4v) is 12.0. The van der Waals surface area contributed by atoms with Gasteiger partial charge in [-0.15, -0.1) is 0 Å². The number of hydrogen-bond donors (Lipinski definition) is 1. The average Bonchev–Trinajstić information content (AvgIpc) is 3.52. The second-order valence-corrected chi connectivity index (χ2v) is 19.9. The van der Waals surface area contributed by atoms with Crippen LogP contribution < -0.4 is 15.7 Å². The van der Waals surface area contributed by atoms with Crippen LogP contribution in [-0.4, -0.2) is 75.9 Å². The molecule has 2 aliphatic heterocycles. The van der Waals surface area contributed by atoms with Gasteiger partial charge >= 0.3 is 12.1 Å². The summed E-state index contributed by atoms with van der Waals surface area (Å²) >= 11 is 0. The highest BCUT2D eigenvalue weighted by Crippen LogP contribution is 2.40. The van der Waals surface area contributed by atoms with Crippen molar-refractivity contribution in [1.82, 2.24) is 5.32 Å². The van der Waals surface area contributed by atoms with Crippen LogP contribution in [0.4, 0.5) is 4.79 Å². The summed E-state index contributed by atoms with van der Waals surface area (Å²) in [5.74, 6) is -1.60. The molecule has 2 fully saturated rings. The number of esters is 1. The largest absolute Gasteiger partial charge is 0.459 e. The summed E-state index contributed by atoms with van der Waals surface area (Å²) in [7, 11) is -2.87. The first-order chi connectivity index (χ1) is 26.4. The number of nitrogens with one attached hydrogen (secondary N) is 1. The van der Waals surface area contributed by atoms with Crippen molar-refractivity contribution in [2.24, 2.45) is 0 Å². The van der Waals surface area contributed by atoms with Gasteiger partial charge in [0.15, 0.2) is 11.8 Å². The number of amides is 1. The van der Waals surface area contributed by atoms with E-state index in [2.05, 4.69) is 74.6 Å². The third-order valence-corrected chi connectivity index (χ3v) is 15.1. The molecule has 2 saturated heterocycles. The van der Waals surface area contributed by atoms with Crippen molar-refractivity contribution < 1.29 is 42.4 Å². The molecule has 0 aromatic heterocycles. The van der Waals surface area contributed by atoms with Crippen LogP contribution in [0.3, 0.4) is 0 Å². The van der Waals surface area contributed by atoms with Crippen molar-refractivity contribution in [3.8, 4) is 0 Å². The number of carbonyl (C=O) groups is 2. The first-order valence-corrected chi connectivity index (χ1v) is 20.8. The molecule has 1 amide bonds. The minimum Gasteiger partial charge on any atom is -0.459 e. The Balaban J connectivity index is 1.19. The highest BCUT2D eigenvalue weighted by Gasteiger charge is 2.55. The molecule has 4 aromatic rings. The molecule has 6 atom stereocenters. The minimum absolute atomic E-state index is 0.0268. The molecular formula is C44H53NO9Si. The van der Waals surface area contributed by atoms with Crippen LogP contribution >= 0.6 is 0 Å². The molecule has 2 aliphatic rings. The van der Waals surface area contributed by atoms with E-state index in [-0.39, 0.29) is 31.5 Å². The summed E-state index contributed by atoms with van der Waals surface area (Å²) < 4.78 is 44.5. The predicted octanol–water partition coefficient (Wildman–Crippen LogP) is 6.29. The molecule has 2 heterocycles. The quantitative estimate of drug-likeness (QED) is 0.117. The fourth-order valence-electron chi connectivity index (χ4n) is 7.46. The Kier molecular flexibility index (Phi) is 12.9. The first-order valence-electron chi connectivity index (χ1n) is 18.9. The van der Waals surface area contributed by atoms with Gasteiger partial charge in [-0.2, -0.15) is 0 Å². The zero-order valence-electron chi connectivity index (χ0n) is 32.5. The predicted molar refractivity (Wildman–Crippen MR) is 211 cm³/mol. The van der Waals surface area contributed by atoms with E-state index in [9.17, 15) is 9.59 Å². The Morgan fingerprint density at radius 1 is 0.764 bits per heavy atom. The lowest BCUT2D eigenvalue weighted by molar-refractivity contribution is -0.190. The van der Waals surface area contributed by atoms with Crippen molar-refractivity contribution in [3.05, 3.63) is 132 Å². The molecule has 55 heavy (non-hydrogen) atoms. The summed E-state index contributed by atoms with van der Waals surface area (Å²) in [6, 6.07) is 38.3. The summed E-state index contributed by atoms with van der Waals surface area (Å²) in [5, 5.41) is 4.80. The number of benzene rings is 4. The topological polar surface area (TPSA) is 111 Å². The molecule has 292 valence electrons. The molecule has 1 N–H and O–H groups in total. The van der Waals surface area contributed by atoms with E-state index in [1.54, 1.807) is 6.92 Å². The maximum atomic E-state index is 13.6. The summed E-state index contributed by atoms with van der Waals surface area (Å²) in [4.78, 5) is 26.7. The van der Waals surface area contributed by atoms with E-state index in [1.165, 1.54) is 10.4 Å². The number of fused-ring (bicyclic) bond motifs is 1. The molecule has 0 radical (unpaired) electrons. The second-order valence-electron chi connectivity index (χ2n) is 15.6. The SMILES string of the molecule is C[C@@H](O[C@H]1CO[C@H](CO[Si](c2ccccc2)(c2ccccc2)C(C)(C)C)[C@@H]2OC(C)(C)O[C@@H]21)[C@H](NC(=O)OCc1ccccc1)C(=O)OCc1ccccc1. The number of carbonyl (C=O) groups excluding carboxylic acids is 2. The third kappa shape index (κ3) is 9.72. The third-order valence-electron chi connectivity index (χ3n) is 10.1. The molecule has 0 saturated carbocycles. The Bertz CT molecular complexity index is 1780. The Morgan fingerprint density at radius 2 is 1.25 bits per heavy atom. The number of ether oxygens (including phenoxy) is 6. The highest BCUT2D eigenvalue weighted by molar-refractivity contribution is 6.99. The van der Waals surface area contributed by atoms with E-state index in [4.69, 9.17) is 32.8 Å².